The molecule has 23 heavy (non-hydrogen) atoms. The number of carbonyl (C=O) groups excluding carboxylic acids is 1. The van der Waals surface area contributed by atoms with Gasteiger partial charge in [-0.25, -0.2) is 5.06 Å². The van der Waals surface area contributed by atoms with Crippen molar-refractivity contribution in [2.75, 3.05) is 32.8 Å². The molecule has 1 amide bonds. The number of aromatic nitrogens is 2. The number of likely N-dealkylation sites (tertiary alicyclic amines) is 1. The lowest BCUT2D eigenvalue weighted by molar-refractivity contribution is -0.202. The van der Waals surface area contributed by atoms with Crippen LogP contribution in [0.5, 0.6) is 0 Å². The zero-order valence-electron chi connectivity index (χ0n) is 13.6. The van der Waals surface area contributed by atoms with Crippen molar-refractivity contribution < 1.29 is 14.4 Å². The van der Waals surface area contributed by atoms with Crippen LogP contribution in [0.2, 0.25) is 0 Å². The van der Waals surface area contributed by atoms with Crippen molar-refractivity contribution in [1.29, 1.82) is 0 Å². The van der Waals surface area contributed by atoms with Crippen LogP contribution in [-0.4, -0.2) is 64.6 Å². The van der Waals surface area contributed by atoms with Crippen LogP contribution in [0.25, 0.3) is 0 Å². The van der Waals surface area contributed by atoms with Crippen molar-refractivity contribution in [3.05, 3.63) is 18.0 Å². The maximum absolute atomic E-state index is 12.7. The van der Waals surface area contributed by atoms with Crippen molar-refractivity contribution in [2.24, 2.45) is 18.9 Å². The van der Waals surface area contributed by atoms with Crippen LogP contribution < -0.4 is 0 Å². The minimum Gasteiger partial charge on any atom is -0.376 e. The zero-order valence-corrected chi connectivity index (χ0v) is 13.6. The van der Waals surface area contributed by atoms with E-state index in [4.69, 9.17) is 9.57 Å². The fourth-order valence-corrected chi connectivity index (χ4v) is 3.94. The highest BCUT2D eigenvalue weighted by atomic mass is 16.7. The maximum atomic E-state index is 12.7. The van der Waals surface area contributed by atoms with Gasteiger partial charge in [0.05, 0.1) is 31.4 Å². The van der Waals surface area contributed by atoms with Crippen LogP contribution in [0.15, 0.2) is 12.4 Å². The van der Waals surface area contributed by atoms with Crippen molar-refractivity contribution in [1.82, 2.24) is 19.7 Å². The van der Waals surface area contributed by atoms with Gasteiger partial charge in [0.1, 0.15) is 0 Å². The fraction of sp³-hybridized carbons (Fsp3) is 0.750. The first kappa shape index (κ1) is 15.1. The molecule has 3 fully saturated rings. The van der Waals surface area contributed by atoms with Crippen molar-refractivity contribution in [3.8, 4) is 0 Å². The van der Waals surface area contributed by atoms with Gasteiger partial charge in [-0.1, -0.05) is 0 Å². The van der Waals surface area contributed by atoms with Crippen LogP contribution in [0.3, 0.4) is 0 Å². The first-order valence-electron chi connectivity index (χ1n) is 8.46. The van der Waals surface area contributed by atoms with E-state index in [1.54, 1.807) is 5.06 Å². The van der Waals surface area contributed by atoms with E-state index in [1.807, 2.05) is 24.1 Å². The molecule has 3 saturated heterocycles. The molecule has 1 aromatic rings. The normalized spacial score (nSPS) is 31.5. The molecule has 0 bridgehead atoms. The second-order valence-electron chi connectivity index (χ2n) is 6.84. The molecule has 3 aliphatic heterocycles. The molecule has 4 heterocycles. The van der Waals surface area contributed by atoms with E-state index in [1.165, 1.54) is 5.56 Å². The molecular weight excluding hydrogens is 296 g/mol. The number of hydroxylamine groups is 2. The summed E-state index contributed by atoms with van der Waals surface area (Å²) in [6, 6.07) is 0. The van der Waals surface area contributed by atoms with Crippen LogP contribution >= 0.6 is 0 Å². The maximum Gasteiger partial charge on any atom is 0.251 e. The van der Waals surface area contributed by atoms with Gasteiger partial charge in [-0.3, -0.25) is 19.2 Å². The molecule has 0 radical (unpaired) electrons. The molecule has 7 nitrogen and oxygen atoms in total. The highest BCUT2D eigenvalue weighted by Gasteiger charge is 2.48. The van der Waals surface area contributed by atoms with Crippen molar-refractivity contribution in [3.63, 3.8) is 0 Å². The van der Waals surface area contributed by atoms with Crippen LogP contribution in [-0.2, 0) is 28.0 Å². The van der Waals surface area contributed by atoms with Gasteiger partial charge in [0.2, 0.25) is 0 Å². The number of ether oxygens (including phenoxy) is 1. The van der Waals surface area contributed by atoms with Crippen LogP contribution in [0.1, 0.15) is 18.4 Å². The van der Waals surface area contributed by atoms with E-state index in [9.17, 15) is 4.79 Å². The number of nitrogens with zero attached hydrogens (tertiary/aromatic N) is 4. The number of rotatable bonds is 3. The number of carbonyl (C=O) groups is 1. The Morgan fingerprint density at radius 3 is 3.04 bits per heavy atom. The Hall–Kier alpha value is -1.44. The van der Waals surface area contributed by atoms with Gasteiger partial charge in [-0.05, 0) is 12.8 Å². The number of fused-ring (bicyclic) bond motifs is 1. The molecule has 3 atom stereocenters. The van der Waals surface area contributed by atoms with E-state index in [0.717, 1.165) is 32.5 Å². The van der Waals surface area contributed by atoms with E-state index >= 15 is 0 Å². The highest BCUT2D eigenvalue weighted by Crippen LogP contribution is 2.35. The molecule has 0 saturated carbocycles. The van der Waals surface area contributed by atoms with Gasteiger partial charge < -0.3 is 4.74 Å². The summed E-state index contributed by atoms with van der Waals surface area (Å²) in [7, 11) is 1.93. The second-order valence-corrected chi connectivity index (χ2v) is 6.84. The molecule has 0 spiro atoms. The van der Waals surface area contributed by atoms with Crippen molar-refractivity contribution >= 4 is 5.91 Å². The third kappa shape index (κ3) is 3.00. The van der Waals surface area contributed by atoms with Gasteiger partial charge in [-0.15, -0.1) is 0 Å². The molecule has 0 N–H and O–H groups in total. The Balaban J connectivity index is 1.38. The van der Waals surface area contributed by atoms with Gasteiger partial charge in [0.25, 0.3) is 5.91 Å². The molecule has 1 aromatic heterocycles. The predicted octanol–water partition coefficient (Wildman–Crippen LogP) is 0.421. The Morgan fingerprint density at radius 2 is 2.30 bits per heavy atom. The third-order valence-electron chi connectivity index (χ3n) is 5.12. The quantitative estimate of drug-likeness (QED) is 0.808. The van der Waals surface area contributed by atoms with Gasteiger partial charge in [0, 0.05) is 50.9 Å². The molecule has 7 heteroatoms. The molecule has 3 aliphatic rings. The molecule has 0 aromatic carbocycles. The topological polar surface area (TPSA) is 59.8 Å². The SMILES string of the molecule is Cn1cc(CN2C[C@@H]3[C@H](C2)OC[C@H]3C(=O)N2CCCCO2)cn1. The van der Waals surface area contributed by atoms with Gasteiger partial charge in [-0.2, -0.15) is 5.10 Å². The summed E-state index contributed by atoms with van der Waals surface area (Å²) in [6.07, 6.45) is 6.18. The summed E-state index contributed by atoms with van der Waals surface area (Å²) in [6.45, 7) is 4.57. The Labute approximate surface area is 136 Å². The average Bonchev–Trinajstić information content (AvgIpc) is 3.24. The summed E-state index contributed by atoms with van der Waals surface area (Å²) >= 11 is 0. The molecule has 4 rings (SSSR count). The summed E-state index contributed by atoms with van der Waals surface area (Å²) in [5, 5.41) is 5.79. The molecular formula is C16H24N4O3. The van der Waals surface area contributed by atoms with E-state index < -0.39 is 0 Å². The third-order valence-corrected chi connectivity index (χ3v) is 5.12. The smallest absolute Gasteiger partial charge is 0.251 e. The van der Waals surface area contributed by atoms with Gasteiger partial charge in [0.15, 0.2) is 0 Å². The van der Waals surface area contributed by atoms with Crippen LogP contribution in [0.4, 0.5) is 0 Å². The first-order chi connectivity index (χ1) is 11.2. The summed E-state index contributed by atoms with van der Waals surface area (Å²) in [5.41, 5.74) is 1.20. The summed E-state index contributed by atoms with van der Waals surface area (Å²) in [4.78, 5) is 20.6. The minimum absolute atomic E-state index is 0.0583. The Morgan fingerprint density at radius 1 is 1.39 bits per heavy atom. The predicted molar refractivity (Wildman–Crippen MR) is 82.1 cm³/mol. The molecule has 0 unspecified atom stereocenters. The number of hydrogen-bond donors (Lipinski definition) is 0. The first-order valence-corrected chi connectivity index (χ1v) is 8.46. The van der Waals surface area contributed by atoms with Gasteiger partial charge >= 0.3 is 0 Å². The van der Waals surface area contributed by atoms with E-state index in [-0.39, 0.29) is 23.8 Å². The zero-order chi connectivity index (χ0) is 15.8. The lowest BCUT2D eigenvalue weighted by Crippen LogP contribution is -2.42. The minimum atomic E-state index is -0.0583. The number of amides is 1. The standard InChI is InChI=1S/C16H24N4O3/c1-18-7-12(6-17-18)8-19-9-13-14(11-22-15(13)10-19)16(21)20-4-2-3-5-23-20/h6-7,13-15H,2-5,8-11H2,1H3/t13-,14+,15-/m0/s1. The largest absolute Gasteiger partial charge is 0.376 e. The number of hydrogen-bond acceptors (Lipinski definition) is 5. The lowest BCUT2D eigenvalue weighted by atomic mass is 9.92. The molecule has 126 valence electrons. The fourth-order valence-electron chi connectivity index (χ4n) is 3.94. The van der Waals surface area contributed by atoms with E-state index in [0.29, 0.717) is 19.8 Å². The lowest BCUT2D eigenvalue weighted by Gasteiger charge is -2.29. The number of aryl methyl sites for hydroxylation is 1. The summed E-state index contributed by atoms with van der Waals surface area (Å²) in [5.74, 6) is 0.335. The summed E-state index contributed by atoms with van der Waals surface area (Å²) < 4.78 is 7.73. The second kappa shape index (κ2) is 6.22. The van der Waals surface area contributed by atoms with Crippen LogP contribution in [0, 0.1) is 11.8 Å². The Bertz CT molecular complexity index is 569. The molecule has 0 aliphatic carbocycles. The van der Waals surface area contributed by atoms with E-state index in [2.05, 4.69) is 10.00 Å². The van der Waals surface area contributed by atoms with Crippen molar-refractivity contribution in [2.45, 2.75) is 25.5 Å². The average molecular weight is 320 g/mol. The Kier molecular flexibility index (Phi) is 4.09. The monoisotopic (exact) mass is 320 g/mol. The highest BCUT2D eigenvalue weighted by molar-refractivity contribution is 5.78.